The highest BCUT2D eigenvalue weighted by atomic mass is 35.5. The molecule has 2 amide bonds. The van der Waals surface area contributed by atoms with Crippen molar-refractivity contribution in [2.45, 2.75) is 13.0 Å². The molecule has 0 saturated carbocycles. The van der Waals surface area contributed by atoms with E-state index in [-0.39, 0.29) is 30.0 Å². The van der Waals surface area contributed by atoms with E-state index in [1.807, 2.05) is 16.7 Å². The molecule has 4 aromatic rings. The van der Waals surface area contributed by atoms with Crippen LogP contribution in [-0.4, -0.2) is 89.4 Å². The number of nitrogens with zero attached hydrogens (tertiary/aromatic N) is 3. The molecule has 1 fully saturated rings. The number of likely N-dealkylation sites (N-methyl/N-ethyl adjacent to an activating group) is 1. The van der Waals surface area contributed by atoms with Gasteiger partial charge < -0.3 is 29.3 Å². The highest BCUT2D eigenvalue weighted by molar-refractivity contribution is 6.36. The van der Waals surface area contributed by atoms with E-state index in [0.717, 1.165) is 39.1 Å². The average molecular weight is 563 g/mol. The Balaban J connectivity index is 1.43. The minimum atomic E-state index is -0.509. The molecular formula is C30H31ClN4O5. The maximum atomic E-state index is 13.1. The Morgan fingerprint density at radius 1 is 0.950 bits per heavy atom. The maximum Gasteiger partial charge on any atom is 0.259 e. The molecule has 10 heteroatoms. The van der Waals surface area contributed by atoms with Crippen LogP contribution in [-0.2, 0) is 6.54 Å². The molecule has 0 spiro atoms. The second-order valence-corrected chi connectivity index (χ2v) is 10.8. The second kappa shape index (κ2) is 10.7. The lowest BCUT2D eigenvalue weighted by Crippen LogP contribution is -2.44. The number of nitrogens with one attached hydrogen (secondary N) is 1. The summed E-state index contributed by atoms with van der Waals surface area (Å²) in [7, 11) is 2.13. The van der Waals surface area contributed by atoms with Crippen molar-refractivity contribution >= 4 is 45.2 Å². The minimum absolute atomic E-state index is 0.0520. The predicted octanol–water partition coefficient (Wildman–Crippen LogP) is 3.71. The van der Waals surface area contributed by atoms with Crippen LogP contribution in [0.15, 0.2) is 42.5 Å². The topological polar surface area (TPSA) is 107 Å². The van der Waals surface area contributed by atoms with Gasteiger partial charge in [-0.05, 0) is 37.2 Å². The molecule has 6 rings (SSSR count). The fourth-order valence-electron chi connectivity index (χ4n) is 5.85. The summed E-state index contributed by atoms with van der Waals surface area (Å²) in [4.78, 5) is 30.9. The van der Waals surface area contributed by atoms with Gasteiger partial charge in [0, 0.05) is 66.7 Å². The van der Waals surface area contributed by atoms with Crippen molar-refractivity contribution in [2.75, 3.05) is 53.0 Å². The predicted molar refractivity (Wildman–Crippen MR) is 154 cm³/mol. The number of ether oxygens (including phenoxy) is 1. The van der Waals surface area contributed by atoms with Crippen molar-refractivity contribution in [3.63, 3.8) is 0 Å². The Morgan fingerprint density at radius 3 is 2.45 bits per heavy atom. The summed E-state index contributed by atoms with van der Waals surface area (Å²) in [6, 6.07) is 12.3. The molecule has 3 heterocycles. The van der Waals surface area contributed by atoms with Crippen molar-refractivity contribution in [1.82, 2.24) is 19.7 Å². The number of aromatic hydroxyl groups is 1. The summed E-state index contributed by atoms with van der Waals surface area (Å²) in [6.45, 7) is 5.63. The third-order valence-electron chi connectivity index (χ3n) is 7.88. The van der Waals surface area contributed by atoms with E-state index in [2.05, 4.69) is 22.2 Å². The first-order chi connectivity index (χ1) is 19.4. The second-order valence-electron chi connectivity index (χ2n) is 10.4. The Hall–Kier alpha value is -3.63. The number of carbonyl (C=O) groups is 2. The number of hydrogen-bond acceptors (Lipinski definition) is 7. The van der Waals surface area contributed by atoms with Crippen molar-refractivity contribution in [2.24, 2.45) is 0 Å². The Bertz CT molecular complexity index is 1640. The van der Waals surface area contributed by atoms with E-state index in [0.29, 0.717) is 50.3 Å². The van der Waals surface area contributed by atoms with E-state index in [9.17, 15) is 19.8 Å². The number of aliphatic hydroxyl groups is 1. The first-order valence-corrected chi connectivity index (χ1v) is 13.9. The fraction of sp³-hybridized carbons (Fsp3) is 0.333. The summed E-state index contributed by atoms with van der Waals surface area (Å²) >= 11 is 6.52. The smallest absolute Gasteiger partial charge is 0.259 e. The molecule has 3 aromatic carbocycles. The number of imide groups is 1. The molecule has 0 radical (unpaired) electrons. The monoisotopic (exact) mass is 562 g/mol. The molecule has 1 saturated heterocycles. The lowest BCUT2D eigenvalue weighted by molar-refractivity contribution is 0.0880. The molecular weight excluding hydrogens is 532 g/mol. The van der Waals surface area contributed by atoms with Crippen LogP contribution in [0.3, 0.4) is 0 Å². The fourth-order valence-corrected chi connectivity index (χ4v) is 6.08. The number of phenolic OH excluding ortho intramolecular Hbond substituents is 1. The van der Waals surface area contributed by atoms with Crippen molar-refractivity contribution in [3.8, 4) is 22.6 Å². The average Bonchev–Trinajstić information content (AvgIpc) is 3.40. The van der Waals surface area contributed by atoms with Crippen LogP contribution in [0.5, 0.6) is 11.5 Å². The quantitative estimate of drug-likeness (QED) is 0.222. The largest absolute Gasteiger partial charge is 0.504 e. The van der Waals surface area contributed by atoms with Gasteiger partial charge in [0.15, 0.2) is 11.5 Å². The Kier molecular flexibility index (Phi) is 7.14. The molecule has 3 N–H and O–H groups in total. The molecule has 0 bridgehead atoms. The van der Waals surface area contributed by atoms with Gasteiger partial charge in [-0.25, -0.2) is 0 Å². The summed E-state index contributed by atoms with van der Waals surface area (Å²) in [5, 5.41) is 24.9. The number of halogens is 1. The number of piperazine rings is 1. The number of fused-ring (bicyclic) bond motifs is 5. The van der Waals surface area contributed by atoms with Gasteiger partial charge in [0.2, 0.25) is 0 Å². The van der Waals surface area contributed by atoms with Crippen LogP contribution in [0.25, 0.3) is 32.9 Å². The summed E-state index contributed by atoms with van der Waals surface area (Å²) in [5.74, 6) is -0.727. The number of rotatable bonds is 8. The number of aromatic nitrogens is 1. The molecule has 9 nitrogen and oxygen atoms in total. The molecule has 0 unspecified atom stereocenters. The molecule has 1 aromatic heterocycles. The van der Waals surface area contributed by atoms with Crippen LogP contribution < -0.4 is 10.1 Å². The van der Waals surface area contributed by atoms with Gasteiger partial charge in [-0.3, -0.25) is 14.9 Å². The van der Waals surface area contributed by atoms with E-state index < -0.39 is 11.8 Å². The summed E-state index contributed by atoms with van der Waals surface area (Å²) in [6.07, 6.45) is 0.817. The van der Waals surface area contributed by atoms with E-state index >= 15 is 0 Å². The zero-order valence-electron chi connectivity index (χ0n) is 22.2. The van der Waals surface area contributed by atoms with Crippen molar-refractivity contribution in [3.05, 3.63) is 58.6 Å². The lowest BCUT2D eigenvalue weighted by Gasteiger charge is -2.32. The van der Waals surface area contributed by atoms with Crippen LogP contribution in [0.1, 0.15) is 27.1 Å². The van der Waals surface area contributed by atoms with Crippen molar-refractivity contribution in [1.29, 1.82) is 0 Å². The molecule has 0 atom stereocenters. The van der Waals surface area contributed by atoms with Crippen molar-refractivity contribution < 1.29 is 24.5 Å². The van der Waals surface area contributed by atoms with Crippen LogP contribution in [0.4, 0.5) is 0 Å². The number of phenols is 1. The number of hydrogen-bond donors (Lipinski definition) is 3. The van der Waals surface area contributed by atoms with Crippen LogP contribution >= 0.6 is 11.6 Å². The first-order valence-electron chi connectivity index (χ1n) is 13.5. The zero-order chi connectivity index (χ0) is 28.0. The number of aliphatic hydroxyl groups excluding tert-OH is 1. The SMILES string of the molecule is CN1CCN(CCCOc2cc3c(cc2O)c2c4c(c(-c5ccccc5Cl)cc2n3CCO)C(=O)NC4=O)CC1. The number of amides is 2. The van der Waals surface area contributed by atoms with Gasteiger partial charge in [0.1, 0.15) is 0 Å². The third kappa shape index (κ3) is 4.58. The molecule has 208 valence electrons. The van der Waals surface area contributed by atoms with E-state index in [1.165, 1.54) is 0 Å². The molecule has 40 heavy (non-hydrogen) atoms. The normalized spacial score (nSPS) is 16.2. The van der Waals surface area contributed by atoms with E-state index in [1.54, 1.807) is 30.3 Å². The van der Waals surface area contributed by atoms with E-state index in [4.69, 9.17) is 16.3 Å². The van der Waals surface area contributed by atoms with Gasteiger partial charge in [0.25, 0.3) is 11.8 Å². The molecule has 2 aliphatic rings. The number of benzene rings is 3. The van der Waals surface area contributed by atoms with Gasteiger partial charge in [0.05, 0.1) is 35.4 Å². The molecule has 2 aliphatic heterocycles. The lowest BCUT2D eigenvalue weighted by atomic mass is 9.93. The molecule has 0 aliphatic carbocycles. The summed E-state index contributed by atoms with van der Waals surface area (Å²) in [5.41, 5.74) is 2.97. The standard InChI is InChI=1S/C30H31ClN4O5/c1-33-8-10-34(11-9-33)7-4-14-40-25-17-22-20(16-24(25)37)26-23(35(22)12-13-36)15-19(18-5-2-3-6-21(18)31)27-28(26)30(39)32-29(27)38/h2-3,5-6,15-17,36-37H,4,7-14H2,1H3,(H,32,38,39). The van der Waals surface area contributed by atoms with Gasteiger partial charge in [-0.2, -0.15) is 0 Å². The first kappa shape index (κ1) is 26.6. The van der Waals surface area contributed by atoms with Crippen LogP contribution in [0, 0.1) is 0 Å². The Morgan fingerprint density at radius 2 is 1.70 bits per heavy atom. The minimum Gasteiger partial charge on any atom is -0.504 e. The third-order valence-corrected chi connectivity index (χ3v) is 8.21. The zero-order valence-corrected chi connectivity index (χ0v) is 23.0. The van der Waals surface area contributed by atoms with Gasteiger partial charge in [-0.1, -0.05) is 29.8 Å². The number of carbonyl (C=O) groups excluding carboxylic acids is 2. The maximum absolute atomic E-state index is 13.1. The van der Waals surface area contributed by atoms with Gasteiger partial charge >= 0.3 is 0 Å². The highest BCUT2D eigenvalue weighted by Crippen LogP contribution is 2.44. The van der Waals surface area contributed by atoms with Crippen LogP contribution in [0.2, 0.25) is 5.02 Å². The summed E-state index contributed by atoms with van der Waals surface area (Å²) < 4.78 is 7.90. The Labute approximate surface area is 236 Å². The van der Waals surface area contributed by atoms with Gasteiger partial charge in [-0.15, -0.1) is 0 Å². The highest BCUT2D eigenvalue weighted by Gasteiger charge is 2.35.